The van der Waals surface area contributed by atoms with Crippen LogP contribution >= 0.6 is 11.3 Å². The summed E-state index contributed by atoms with van der Waals surface area (Å²) in [5, 5.41) is 5.32. The molecule has 0 spiro atoms. The number of anilines is 1. The highest BCUT2D eigenvalue weighted by molar-refractivity contribution is 7.14. The molecular weight excluding hydrogens is 234 g/mol. The number of nitrogens with zero attached hydrogens (tertiary/aromatic N) is 2. The van der Waals surface area contributed by atoms with E-state index in [1.165, 1.54) is 11.3 Å². The lowest BCUT2D eigenvalue weighted by Crippen LogP contribution is -2.17. The van der Waals surface area contributed by atoms with Crippen LogP contribution in [-0.4, -0.2) is 15.9 Å². The third kappa shape index (κ3) is 2.88. The van der Waals surface area contributed by atoms with E-state index in [-0.39, 0.29) is 11.8 Å². The van der Waals surface area contributed by atoms with Gasteiger partial charge in [0.1, 0.15) is 0 Å². The fourth-order valence-corrected chi connectivity index (χ4v) is 1.95. The summed E-state index contributed by atoms with van der Waals surface area (Å²) in [5.74, 6) is -0.0576. The molecule has 2 heterocycles. The quantitative estimate of drug-likeness (QED) is 0.907. The van der Waals surface area contributed by atoms with Gasteiger partial charge in [-0.15, -0.1) is 11.3 Å². The Kier molecular flexibility index (Phi) is 3.49. The molecule has 4 nitrogen and oxygen atoms in total. The lowest BCUT2D eigenvalue weighted by molar-refractivity contribution is -0.118. The van der Waals surface area contributed by atoms with Crippen molar-refractivity contribution in [3.8, 4) is 11.3 Å². The first-order chi connectivity index (χ1) is 8.16. The smallest absolute Gasteiger partial charge is 0.228 e. The van der Waals surface area contributed by atoms with E-state index in [0.717, 1.165) is 11.3 Å². The van der Waals surface area contributed by atoms with Crippen LogP contribution < -0.4 is 5.32 Å². The van der Waals surface area contributed by atoms with Crippen LogP contribution in [0.3, 0.4) is 0 Å². The highest BCUT2D eigenvalue weighted by Gasteiger charge is 2.10. The van der Waals surface area contributed by atoms with E-state index in [0.29, 0.717) is 5.13 Å². The molecule has 1 N–H and O–H groups in total. The second kappa shape index (κ2) is 5.05. The summed E-state index contributed by atoms with van der Waals surface area (Å²) in [5.41, 5.74) is 1.79. The molecular formula is C12H13N3OS. The van der Waals surface area contributed by atoms with Gasteiger partial charge in [0, 0.05) is 29.3 Å². The summed E-state index contributed by atoms with van der Waals surface area (Å²) in [7, 11) is 0. The fourth-order valence-electron chi connectivity index (χ4n) is 1.23. The predicted molar refractivity (Wildman–Crippen MR) is 68.8 cm³/mol. The van der Waals surface area contributed by atoms with Crippen molar-refractivity contribution in [3.63, 3.8) is 0 Å². The first-order valence-corrected chi connectivity index (χ1v) is 6.21. The number of carbonyl (C=O) groups excluding carboxylic acids is 1. The van der Waals surface area contributed by atoms with Gasteiger partial charge in [0.15, 0.2) is 5.13 Å². The van der Waals surface area contributed by atoms with Crippen molar-refractivity contribution in [2.24, 2.45) is 5.92 Å². The molecule has 0 fully saturated rings. The first kappa shape index (κ1) is 11.7. The number of hydrogen-bond donors (Lipinski definition) is 1. The minimum absolute atomic E-state index is 0.0166. The van der Waals surface area contributed by atoms with E-state index < -0.39 is 0 Å². The standard InChI is InChI=1S/C12H13N3OS/c1-8(2)11(16)15-12-14-10(7-17-12)9-4-3-5-13-6-9/h3-8H,1-2H3,(H,14,15,16). The van der Waals surface area contributed by atoms with Gasteiger partial charge in [0.2, 0.25) is 5.91 Å². The second-order valence-corrected chi connectivity index (χ2v) is 4.78. The van der Waals surface area contributed by atoms with Crippen molar-refractivity contribution in [3.05, 3.63) is 29.9 Å². The molecule has 88 valence electrons. The van der Waals surface area contributed by atoms with Crippen LogP contribution in [0.5, 0.6) is 0 Å². The molecule has 17 heavy (non-hydrogen) atoms. The van der Waals surface area contributed by atoms with E-state index in [4.69, 9.17) is 0 Å². The number of amides is 1. The number of pyridine rings is 1. The number of aromatic nitrogens is 2. The van der Waals surface area contributed by atoms with Crippen molar-refractivity contribution < 1.29 is 4.79 Å². The summed E-state index contributed by atoms with van der Waals surface area (Å²) in [4.78, 5) is 19.9. The van der Waals surface area contributed by atoms with Crippen LogP contribution in [-0.2, 0) is 4.79 Å². The maximum atomic E-state index is 11.5. The zero-order chi connectivity index (χ0) is 12.3. The topological polar surface area (TPSA) is 54.9 Å². The summed E-state index contributed by atoms with van der Waals surface area (Å²) < 4.78 is 0. The minimum Gasteiger partial charge on any atom is -0.302 e. The third-order valence-electron chi connectivity index (χ3n) is 2.22. The Morgan fingerprint density at radius 1 is 1.47 bits per heavy atom. The summed E-state index contributed by atoms with van der Waals surface area (Å²) in [6, 6.07) is 3.80. The Labute approximate surface area is 104 Å². The maximum Gasteiger partial charge on any atom is 0.228 e. The Morgan fingerprint density at radius 3 is 2.94 bits per heavy atom. The van der Waals surface area contributed by atoms with Gasteiger partial charge in [0.05, 0.1) is 5.69 Å². The number of thiazole rings is 1. The number of nitrogens with one attached hydrogen (secondary N) is 1. The average molecular weight is 247 g/mol. The summed E-state index contributed by atoms with van der Waals surface area (Å²) in [6.07, 6.45) is 3.47. The normalized spacial score (nSPS) is 10.5. The monoisotopic (exact) mass is 247 g/mol. The van der Waals surface area contributed by atoms with Gasteiger partial charge in [-0.2, -0.15) is 0 Å². The molecule has 0 saturated heterocycles. The van der Waals surface area contributed by atoms with E-state index >= 15 is 0 Å². The Bertz CT molecular complexity index is 507. The third-order valence-corrected chi connectivity index (χ3v) is 2.97. The van der Waals surface area contributed by atoms with Crippen LogP contribution in [0, 0.1) is 5.92 Å². The lowest BCUT2D eigenvalue weighted by atomic mass is 10.2. The molecule has 0 aromatic carbocycles. The van der Waals surface area contributed by atoms with Gasteiger partial charge in [0.25, 0.3) is 0 Å². The predicted octanol–water partition coefficient (Wildman–Crippen LogP) is 2.80. The van der Waals surface area contributed by atoms with Gasteiger partial charge in [-0.1, -0.05) is 13.8 Å². The van der Waals surface area contributed by atoms with Gasteiger partial charge in [-0.25, -0.2) is 4.98 Å². The molecule has 0 atom stereocenters. The Morgan fingerprint density at radius 2 is 2.29 bits per heavy atom. The molecule has 0 aliphatic heterocycles. The highest BCUT2D eigenvalue weighted by Crippen LogP contribution is 2.24. The van der Waals surface area contributed by atoms with Crippen molar-refractivity contribution in [1.29, 1.82) is 0 Å². The zero-order valence-electron chi connectivity index (χ0n) is 9.68. The van der Waals surface area contributed by atoms with Crippen LogP contribution in [0.2, 0.25) is 0 Å². The fraction of sp³-hybridized carbons (Fsp3) is 0.250. The minimum atomic E-state index is -0.0410. The first-order valence-electron chi connectivity index (χ1n) is 5.33. The SMILES string of the molecule is CC(C)C(=O)Nc1nc(-c2cccnc2)cs1. The summed E-state index contributed by atoms with van der Waals surface area (Å²) >= 11 is 1.42. The largest absolute Gasteiger partial charge is 0.302 e. The van der Waals surface area contributed by atoms with Crippen LogP contribution in [0.25, 0.3) is 11.3 Å². The van der Waals surface area contributed by atoms with Crippen molar-refractivity contribution in [1.82, 2.24) is 9.97 Å². The van der Waals surface area contributed by atoms with Crippen molar-refractivity contribution >= 4 is 22.4 Å². The maximum absolute atomic E-state index is 11.5. The molecule has 0 radical (unpaired) electrons. The van der Waals surface area contributed by atoms with Gasteiger partial charge < -0.3 is 5.32 Å². The summed E-state index contributed by atoms with van der Waals surface area (Å²) in [6.45, 7) is 3.70. The molecule has 2 aromatic heterocycles. The molecule has 5 heteroatoms. The Hall–Kier alpha value is -1.75. The van der Waals surface area contributed by atoms with Crippen LogP contribution in [0.15, 0.2) is 29.9 Å². The molecule has 0 saturated carbocycles. The van der Waals surface area contributed by atoms with Gasteiger partial charge in [-0.05, 0) is 12.1 Å². The molecule has 2 rings (SSSR count). The van der Waals surface area contributed by atoms with Crippen molar-refractivity contribution in [2.75, 3.05) is 5.32 Å². The number of carbonyl (C=O) groups is 1. The van der Waals surface area contributed by atoms with Crippen molar-refractivity contribution in [2.45, 2.75) is 13.8 Å². The van der Waals surface area contributed by atoms with E-state index in [2.05, 4.69) is 15.3 Å². The molecule has 1 amide bonds. The second-order valence-electron chi connectivity index (χ2n) is 3.92. The van der Waals surface area contributed by atoms with E-state index in [1.54, 1.807) is 12.4 Å². The van der Waals surface area contributed by atoms with E-state index in [9.17, 15) is 4.79 Å². The molecule has 0 aliphatic carbocycles. The van der Waals surface area contributed by atoms with Gasteiger partial charge >= 0.3 is 0 Å². The molecule has 2 aromatic rings. The zero-order valence-corrected chi connectivity index (χ0v) is 10.5. The van der Waals surface area contributed by atoms with Crippen LogP contribution in [0.1, 0.15) is 13.8 Å². The lowest BCUT2D eigenvalue weighted by Gasteiger charge is -2.03. The molecule has 0 unspecified atom stereocenters. The Balaban J connectivity index is 2.14. The van der Waals surface area contributed by atoms with Crippen LogP contribution in [0.4, 0.5) is 5.13 Å². The van der Waals surface area contributed by atoms with E-state index in [1.807, 2.05) is 31.4 Å². The average Bonchev–Trinajstić information content (AvgIpc) is 2.78. The number of rotatable bonds is 3. The molecule has 0 aliphatic rings. The van der Waals surface area contributed by atoms with Gasteiger partial charge in [-0.3, -0.25) is 9.78 Å². The molecule has 0 bridgehead atoms. The highest BCUT2D eigenvalue weighted by atomic mass is 32.1. The number of hydrogen-bond acceptors (Lipinski definition) is 4.